The van der Waals surface area contributed by atoms with E-state index >= 15 is 0 Å². The van der Waals surface area contributed by atoms with E-state index in [1.165, 1.54) is 6.08 Å². The van der Waals surface area contributed by atoms with Crippen LogP contribution in [0.2, 0.25) is 0 Å². The summed E-state index contributed by atoms with van der Waals surface area (Å²) in [7, 11) is 1.60. The topological polar surface area (TPSA) is 29.1 Å². The smallest absolute Gasteiger partial charge is 0.243 e. The lowest BCUT2D eigenvalue weighted by molar-refractivity contribution is -0.116. The second kappa shape index (κ2) is 6.50. The molecule has 0 aliphatic rings. The van der Waals surface area contributed by atoms with Crippen LogP contribution in [0.5, 0.6) is 0 Å². The van der Waals surface area contributed by atoms with Crippen LogP contribution in [-0.2, 0) is 4.79 Å². The van der Waals surface area contributed by atoms with E-state index in [0.717, 1.165) is 0 Å². The summed E-state index contributed by atoms with van der Waals surface area (Å²) < 4.78 is 0. The summed E-state index contributed by atoms with van der Waals surface area (Å²) in [4.78, 5) is 10.2. The molecule has 0 saturated heterocycles. The van der Waals surface area contributed by atoms with Gasteiger partial charge in [0, 0.05) is 7.05 Å². The fourth-order valence-electron chi connectivity index (χ4n) is 0.235. The van der Waals surface area contributed by atoms with Crippen LogP contribution in [0, 0.1) is 0 Å². The molecule has 0 radical (unpaired) electrons. The van der Waals surface area contributed by atoms with Gasteiger partial charge in [-0.1, -0.05) is 6.08 Å². The van der Waals surface area contributed by atoms with E-state index in [-0.39, 0.29) is 18.3 Å². The molecular formula is C5H10ClNO. The summed E-state index contributed by atoms with van der Waals surface area (Å²) in [5.41, 5.74) is 0. The van der Waals surface area contributed by atoms with Gasteiger partial charge >= 0.3 is 0 Å². The zero-order chi connectivity index (χ0) is 5.70. The van der Waals surface area contributed by atoms with Crippen LogP contribution in [0.4, 0.5) is 0 Å². The van der Waals surface area contributed by atoms with Gasteiger partial charge in [0.05, 0.1) is 0 Å². The predicted molar refractivity (Wildman–Crippen MR) is 36.1 cm³/mol. The maximum absolute atomic E-state index is 10.2. The second-order valence-electron chi connectivity index (χ2n) is 1.11. The normalized spacial score (nSPS) is 8.25. The van der Waals surface area contributed by atoms with Crippen molar-refractivity contribution in [1.29, 1.82) is 0 Å². The van der Waals surface area contributed by atoms with Gasteiger partial charge in [0.25, 0.3) is 0 Å². The van der Waals surface area contributed by atoms with E-state index in [2.05, 4.69) is 5.32 Å². The van der Waals surface area contributed by atoms with E-state index in [1.807, 2.05) is 0 Å². The van der Waals surface area contributed by atoms with Gasteiger partial charge in [0.15, 0.2) is 0 Å². The van der Waals surface area contributed by atoms with Gasteiger partial charge < -0.3 is 5.32 Å². The summed E-state index contributed by atoms with van der Waals surface area (Å²) >= 11 is 0. The van der Waals surface area contributed by atoms with E-state index in [9.17, 15) is 4.79 Å². The molecule has 1 N–H and O–H groups in total. The van der Waals surface area contributed by atoms with Crippen LogP contribution >= 0.6 is 12.4 Å². The van der Waals surface area contributed by atoms with Crippen LogP contribution in [0.25, 0.3) is 0 Å². The van der Waals surface area contributed by atoms with Crippen molar-refractivity contribution in [3.05, 3.63) is 12.2 Å². The van der Waals surface area contributed by atoms with Gasteiger partial charge in [-0.3, -0.25) is 4.79 Å². The molecule has 0 unspecified atom stereocenters. The van der Waals surface area contributed by atoms with Gasteiger partial charge in [0.1, 0.15) is 0 Å². The number of allylic oxidation sites excluding steroid dienone is 1. The Kier molecular flexibility index (Phi) is 8.51. The maximum Gasteiger partial charge on any atom is 0.243 e. The molecule has 0 aromatic carbocycles. The van der Waals surface area contributed by atoms with Gasteiger partial charge in [-0.2, -0.15) is 0 Å². The first-order chi connectivity index (χ1) is 3.31. The van der Waals surface area contributed by atoms with Gasteiger partial charge in [-0.25, -0.2) is 0 Å². The molecule has 0 rings (SSSR count). The Labute approximate surface area is 55.4 Å². The van der Waals surface area contributed by atoms with Gasteiger partial charge in [0.2, 0.25) is 5.91 Å². The second-order valence-corrected chi connectivity index (χ2v) is 1.11. The molecule has 8 heavy (non-hydrogen) atoms. The Balaban J connectivity index is 0. The highest BCUT2D eigenvalue weighted by molar-refractivity contribution is 5.87. The number of rotatable bonds is 1. The quantitative estimate of drug-likeness (QED) is 0.528. The molecule has 0 aliphatic carbocycles. The lowest BCUT2D eigenvalue weighted by Gasteiger charge is -1.84. The van der Waals surface area contributed by atoms with Crippen molar-refractivity contribution in [2.75, 3.05) is 7.05 Å². The summed E-state index contributed by atoms with van der Waals surface area (Å²) in [6.07, 6.45) is 3.17. The summed E-state index contributed by atoms with van der Waals surface area (Å²) in [5.74, 6) is -0.0532. The first-order valence-electron chi connectivity index (χ1n) is 2.15. The zero-order valence-electron chi connectivity index (χ0n) is 4.97. The summed E-state index contributed by atoms with van der Waals surface area (Å²) in [6, 6.07) is 0. The highest BCUT2D eigenvalue weighted by Gasteiger charge is 1.81. The molecule has 48 valence electrons. The average Bonchev–Trinajstić information content (AvgIpc) is 1.68. The highest BCUT2D eigenvalue weighted by Crippen LogP contribution is 1.66. The summed E-state index contributed by atoms with van der Waals surface area (Å²) in [6.45, 7) is 1.80. The number of likely N-dealkylation sites (N-methyl/N-ethyl adjacent to an activating group) is 1. The Bertz CT molecular complexity index is 90.4. The lowest BCUT2D eigenvalue weighted by Crippen LogP contribution is -2.13. The third-order valence-electron chi connectivity index (χ3n) is 0.564. The zero-order valence-corrected chi connectivity index (χ0v) is 5.79. The molecule has 0 aromatic heterocycles. The Morgan fingerprint density at radius 2 is 2.12 bits per heavy atom. The van der Waals surface area contributed by atoms with Crippen molar-refractivity contribution in [2.24, 2.45) is 0 Å². The molecule has 3 heteroatoms. The number of hydrogen-bond donors (Lipinski definition) is 1. The number of halogens is 1. The predicted octanol–water partition coefficient (Wildman–Crippen LogP) is 0.730. The number of carbonyl (C=O) groups excluding carboxylic acids is 1. The summed E-state index contributed by atoms with van der Waals surface area (Å²) in [5, 5.41) is 2.44. The minimum absolute atomic E-state index is 0. The average molecular weight is 136 g/mol. The highest BCUT2D eigenvalue weighted by atomic mass is 35.5. The molecular weight excluding hydrogens is 126 g/mol. The molecule has 1 amide bonds. The number of hydrogen-bond acceptors (Lipinski definition) is 1. The molecule has 0 bridgehead atoms. The van der Waals surface area contributed by atoms with E-state index in [4.69, 9.17) is 0 Å². The van der Waals surface area contributed by atoms with Crippen molar-refractivity contribution in [1.82, 2.24) is 5.32 Å². The van der Waals surface area contributed by atoms with Crippen molar-refractivity contribution < 1.29 is 4.79 Å². The SMILES string of the molecule is CC=CC(=O)NC.Cl. The van der Waals surface area contributed by atoms with E-state index in [0.29, 0.717) is 0 Å². The monoisotopic (exact) mass is 135 g/mol. The first kappa shape index (κ1) is 10.5. The third-order valence-corrected chi connectivity index (χ3v) is 0.564. The van der Waals surface area contributed by atoms with E-state index in [1.54, 1.807) is 20.0 Å². The third kappa shape index (κ3) is 5.50. The van der Waals surface area contributed by atoms with Crippen molar-refractivity contribution >= 4 is 18.3 Å². The molecule has 0 heterocycles. The van der Waals surface area contributed by atoms with Crippen molar-refractivity contribution in [3.8, 4) is 0 Å². The van der Waals surface area contributed by atoms with E-state index < -0.39 is 0 Å². The molecule has 0 aliphatic heterocycles. The lowest BCUT2D eigenvalue weighted by atomic mass is 10.5. The molecule has 0 aromatic rings. The Morgan fingerprint density at radius 1 is 1.62 bits per heavy atom. The number of amides is 1. The van der Waals surface area contributed by atoms with Gasteiger partial charge in [-0.05, 0) is 13.0 Å². The largest absolute Gasteiger partial charge is 0.356 e. The van der Waals surface area contributed by atoms with Crippen molar-refractivity contribution in [3.63, 3.8) is 0 Å². The minimum atomic E-state index is -0.0532. The number of nitrogens with one attached hydrogen (secondary N) is 1. The van der Waals surface area contributed by atoms with Crippen LogP contribution < -0.4 is 5.32 Å². The molecule has 0 saturated carbocycles. The van der Waals surface area contributed by atoms with Crippen LogP contribution in [0.15, 0.2) is 12.2 Å². The maximum atomic E-state index is 10.2. The van der Waals surface area contributed by atoms with Crippen molar-refractivity contribution in [2.45, 2.75) is 6.92 Å². The Hall–Kier alpha value is -0.500. The molecule has 0 atom stereocenters. The molecule has 2 nitrogen and oxygen atoms in total. The number of carbonyl (C=O) groups is 1. The fraction of sp³-hybridized carbons (Fsp3) is 0.400. The minimum Gasteiger partial charge on any atom is -0.356 e. The standard InChI is InChI=1S/C5H9NO.ClH/c1-3-4-5(7)6-2;/h3-4H,1-2H3,(H,6,7);1H. The molecule has 0 spiro atoms. The van der Waals surface area contributed by atoms with Gasteiger partial charge in [-0.15, -0.1) is 12.4 Å². The fourth-order valence-corrected chi connectivity index (χ4v) is 0.235. The Morgan fingerprint density at radius 3 is 2.25 bits per heavy atom. The van der Waals surface area contributed by atoms with Crippen LogP contribution in [0.3, 0.4) is 0 Å². The molecule has 0 fully saturated rings. The van der Waals surface area contributed by atoms with Crippen LogP contribution in [-0.4, -0.2) is 13.0 Å². The first-order valence-corrected chi connectivity index (χ1v) is 2.15. The van der Waals surface area contributed by atoms with Crippen LogP contribution in [0.1, 0.15) is 6.92 Å².